The van der Waals surface area contributed by atoms with Crippen LogP contribution in [0, 0.1) is 0 Å². The van der Waals surface area contributed by atoms with Crippen molar-refractivity contribution in [1.82, 2.24) is 14.8 Å². The highest BCUT2D eigenvalue weighted by molar-refractivity contribution is 5.19. The molecule has 0 amide bonds. The van der Waals surface area contributed by atoms with E-state index in [0.29, 0.717) is 0 Å². The van der Waals surface area contributed by atoms with E-state index in [2.05, 4.69) is 10.1 Å². The molecule has 4 atom stereocenters. The van der Waals surface area contributed by atoms with Crippen molar-refractivity contribution in [1.29, 1.82) is 0 Å². The van der Waals surface area contributed by atoms with Crippen LogP contribution >= 0.6 is 0 Å². The highest BCUT2D eigenvalue weighted by Gasteiger charge is 2.44. The van der Waals surface area contributed by atoms with E-state index in [1.165, 1.54) is 0 Å². The van der Waals surface area contributed by atoms with Gasteiger partial charge in [-0.2, -0.15) is 14.8 Å². The number of aromatic nitrogens is 3. The Kier molecular flexibility index (Phi) is 3.07. The van der Waals surface area contributed by atoms with Gasteiger partial charge in [0.15, 0.2) is 6.23 Å². The Morgan fingerprint density at radius 1 is 1.47 bits per heavy atom. The van der Waals surface area contributed by atoms with Crippen molar-refractivity contribution in [3.63, 3.8) is 0 Å². The average Bonchev–Trinajstić information content (AvgIpc) is 2.57. The zero-order valence-corrected chi connectivity index (χ0v) is 8.67. The van der Waals surface area contributed by atoms with Crippen LogP contribution < -0.4 is 11.4 Å². The summed E-state index contributed by atoms with van der Waals surface area (Å²) in [6.45, 7) is -0.480. The molecular formula is C8H12N4O5. The van der Waals surface area contributed by atoms with Crippen molar-refractivity contribution in [2.24, 2.45) is 0 Å². The molecule has 1 saturated heterocycles. The third-order valence-corrected chi connectivity index (χ3v) is 2.49. The van der Waals surface area contributed by atoms with Crippen molar-refractivity contribution in [3.8, 4) is 0 Å². The lowest BCUT2D eigenvalue weighted by Gasteiger charge is -2.15. The second kappa shape index (κ2) is 4.37. The van der Waals surface area contributed by atoms with Gasteiger partial charge in [0.05, 0.1) is 12.8 Å². The maximum Gasteiger partial charge on any atom is 0.368 e. The molecular weight excluding hydrogens is 232 g/mol. The van der Waals surface area contributed by atoms with Crippen LogP contribution in [-0.2, 0) is 4.74 Å². The monoisotopic (exact) mass is 244 g/mol. The molecule has 1 aromatic heterocycles. The van der Waals surface area contributed by atoms with E-state index in [-0.39, 0.29) is 5.82 Å². The summed E-state index contributed by atoms with van der Waals surface area (Å²) in [4.78, 5) is 14.9. The summed E-state index contributed by atoms with van der Waals surface area (Å²) in [6.07, 6.45) is -3.71. The van der Waals surface area contributed by atoms with Gasteiger partial charge in [-0.15, -0.1) is 0 Å². The molecule has 0 saturated carbocycles. The topological polar surface area (TPSA) is 144 Å². The number of nitrogens with zero attached hydrogens (tertiary/aromatic N) is 3. The van der Waals surface area contributed by atoms with Gasteiger partial charge in [-0.3, -0.25) is 0 Å². The van der Waals surface area contributed by atoms with E-state index >= 15 is 0 Å². The van der Waals surface area contributed by atoms with E-state index < -0.39 is 36.8 Å². The summed E-state index contributed by atoms with van der Waals surface area (Å²) in [6, 6.07) is 0. The van der Waals surface area contributed by atoms with Gasteiger partial charge < -0.3 is 25.8 Å². The minimum atomic E-state index is -1.37. The lowest BCUT2D eigenvalue weighted by atomic mass is 10.1. The SMILES string of the molecule is Nc1cnn([C@@H]2O[C@@H](CO)[C@@H](O)[C@H]2O)c(=O)n1. The van der Waals surface area contributed by atoms with E-state index in [1.807, 2.05) is 0 Å². The fraction of sp³-hybridized carbons (Fsp3) is 0.625. The van der Waals surface area contributed by atoms with Gasteiger partial charge in [-0.1, -0.05) is 0 Å². The zero-order valence-electron chi connectivity index (χ0n) is 8.67. The van der Waals surface area contributed by atoms with Gasteiger partial charge in [0.25, 0.3) is 0 Å². The van der Waals surface area contributed by atoms with E-state index in [4.69, 9.17) is 15.6 Å². The predicted molar refractivity (Wildman–Crippen MR) is 53.7 cm³/mol. The first-order valence-electron chi connectivity index (χ1n) is 4.88. The van der Waals surface area contributed by atoms with E-state index in [9.17, 15) is 15.0 Å². The second-order valence-corrected chi connectivity index (χ2v) is 3.64. The third-order valence-electron chi connectivity index (χ3n) is 2.49. The maximum absolute atomic E-state index is 11.4. The van der Waals surface area contributed by atoms with Gasteiger partial charge in [-0.25, -0.2) is 4.79 Å². The number of hydrogen-bond donors (Lipinski definition) is 4. The number of hydrogen-bond acceptors (Lipinski definition) is 8. The molecule has 9 heteroatoms. The molecule has 9 nitrogen and oxygen atoms in total. The van der Waals surface area contributed by atoms with Crippen LogP contribution in [0.2, 0.25) is 0 Å². The average molecular weight is 244 g/mol. The minimum Gasteiger partial charge on any atom is -0.394 e. The molecule has 1 fully saturated rings. The molecule has 1 aliphatic heterocycles. The molecule has 0 bridgehead atoms. The first kappa shape index (κ1) is 11.9. The lowest BCUT2D eigenvalue weighted by molar-refractivity contribution is -0.0616. The van der Waals surface area contributed by atoms with Gasteiger partial charge in [0.1, 0.15) is 24.1 Å². The normalized spacial score (nSPS) is 32.9. The van der Waals surface area contributed by atoms with Crippen LogP contribution in [-0.4, -0.2) is 55.0 Å². The quantitative estimate of drug-likeness (QED) is 0.426. The number of aliphatic hydroxyl groups excluding tert-OH is 3. The van der Waals surface area contributed by atoms with Gasteiger partial charge >= 0.3 is 5.69 Å². The van der Waals surface area contributed by atoms with Crippen molar-refractivity contribution in [2.45, 2.75) is 24.5 Å². The molecule has 2 heterocycles. The smallest absolute Gasteiger partial charge is 0.368 e. The van der Waals surface area contributed by atoms with Crippen molar-refractivity contribution in [3.05, 3.63) is 16.7 Å². The maximum atomic E-state index is 11.4. The first-order chi connectivity index (χ1) is 8.04. The molecule has 2 rings (SSSR count). The Balaban J connectivity index is 2.32. The Bertz CT molecular complexity index is 463. The number of aliphatic hydroxyl groups is 3. The predicted octanol–water partition coefficient (Wildman–Crippen LogP) is -3.17. The highest BCUT2D eigenvalue weighted by Crippen LogP contribution is 2.27. The summed E-state index contributed by atoms with van der Waals surface area (Å²) in [7, 11) is 0. The Morgan fingerprint density at radius 2 is 2.18 bits per heavy atom. The van der Waals surface area contributed by atoms with Crippen molar-refractivity contribution >= 4 is 5.82 Å². The molecule has 0 aromatic carbocycles. The summed E-state index contributed by atoms with van der Waals surface area (Å²) >= 11 is 0. The number of rotatable bonds is 2. The number of nitrogens with two attached hydrogens (primary N) is 1. The van der Waals surface area contributed by atoms with Crippen molar-refractivity contribution in [2.75, 3.05) is 12.3 Å². The first-order valence-corrected chi connectivity index (χ1v) is 4.88. The summed E-state index contributed by atoms with van der Waals surface area (Å²) in [5, 5.41) is 31.7. The van der Waals surface area contributed by atoms with E-state index in [0.717, 1.165) is 10.9 Å². The van der Waals surface area contributed by atoms with Gasteiger partial charge in [-0.05, 0) is 0 Å². The highest BCUT2D eigenvalue weighted by atomic mass is 16.6. The number of ether oxygens (including phenoxy) is 1. The van der Waals surface area contributed by atoms with Crippen LogP contribution in [0.3, 0.4) is 0 Å². The van der Waals surface area contributed by atoms with Crippen molar-refractivity contribution < 1.29 is 20.1 Å². The molecule has 17 heavy (non-hydrogen) atoms. The Morgan fingerprint density at radius 3 is 2.71 bits per heavy atom. The molecule has 1 aliphatic rings. The lowest BCUT2D eigenvalue weighted by Crippen LogP contribution is -2.37. The van der Waals surface area contributed by atoms with Crippen LogP contribution in [0.5, 0.6) is 0 Å². The fourth-order valence-electron chi connectivity index (χ4n) is 1.62. The zero-order chi connectivity index (χ0) is 12.6. The molecule has 1 aromatic rings. The third kappa shape index (κ3) is 2.00. The standard InChI is InChI=1S/C8H12N4O5/c9-4-1-10-12(8(16)11-4)7-6(15)5(14)3(2-13)17-7/h1,3,5-7,13-15H,2H2,(H2,9,11,16)/t3-,5+,6+,7+/m0/s1. The Hall–Kier alpha value is -1.55. The number of nitrogen functional groups attached to an aromatic ring is 1. The van der Waals surface area contributed by atoms with Crippen LogP contribution in [0.1, 0.15) is 6.23 Å². The number of anilines is 1. The Labute approximate surface area is 95.1 Å². The molecule has 94 valence electrons. The van der Waals surface area contributed by atoms with Gasteiger partial charge in [0, 0.05) is 0 Å². The summed E-state index contributed by atoms with van der Waals surface area (Å²) in [5.74, 6) is -0.0574. The van der Waals surface area contributed by atoms with Crippen LogP contribution in [0.25, 0.3) is 0 Å². The van der Waals surface area contributed by atoms with Crippen LogP contribution in [0.4, 0.5) is 5.82 Å². The van der Waals surface area contributed by atoms with E-state index in [1.54, 1.807) is 0 Å². The summed E-state index contributed by atoms with van der Waals surface area (Å²) < 4.78 is 5.88. The molecule has 0 spiro atoms. The molecule has 0 aliphatic carbocycles. The molecule has 5 N–H and O–H groups in total. The van der Waals surface area contributed by atoms with Crippen LogP contribution in [0.15, 0.2) is 11.0 Å². The van der Waals surface area contributed by atoms with Gasteiger partial charge in [0.2, 0.25) is 0 Å². The summed E-state index contributed by atoms with van der Waals surface area (Å²) in [5.41, 5.74) is 4.46. The minimum absolute atomic E-state index is 0.0574. The second-order valence-electron chi connectivity index (χ2n) is 3.64. The molecule has 0 radical (unpaired) electrons. The largest absolute Gasteiger partial charge is 0.394 e. The molecule has 0 unspecified atom stereocenters. The fourth-order valence-corrected chi connectivity index (χ4v) is 1.62.